The van der Waals surface area contributed by atoms with Crippen molar-refractivity contribution in [3.63, 3.8) is 0 Å². The van der Waals surface area contributed by atoms with E-state index >= 15 is 0 Å². The molecule has 0 radical (unpaired) electrons. The molecule has 3 fully saturated rings. The zero-order valence-electron chi connectivity index (χ0n) is 11.8. The topological polar surface area (TPSA) is 64.1 Å². The fourth-order valence-electron chi connectivity index (χ4n) is 3.35. The number of hydrogen-bond acceptors (Lipinski definition) is 3. The Kier molecular flexibility index (Phi) is 3.83. The van der Waals surface area contributed by atoms with Crippen LogP contribution in [0.5, 0.6) is 0 Å². The molecule has 3 rings (SSSR count). The van der Waals surface area contributed by atoms with Gasteiger partial charge in [0.1, 0.15) is 6.54 Å². The summed E-state index contributed by atoms with van der Waals surface area (Å²) in [6, 6.07) is 0.408. The van der Waals surface area contributed by atoms with Crippen molar-refractivity contribution >= 4 is 12.0 Å². The van der Waals surface area contributed by atoms with Crippen molar-refractivity contribution in [2.45, 2.75) is 31.7 Å². The third-order valence-corrected chi connectivity index (χ3v) is 4.63. The first-order chi connectivity index (χ1) is 9.63. The highest BCUT2D eigenvalue weighted by Gasteiger charge is 2.36. The molecule has 6 heteroatoms. The van der Waals surface area contributed by atoms with E-state index in [1.54, 1.807) is 0 Å². The van der Waals surface area contributed by atoms with Crippen LogP contribution in [0.3, 0.4) is 0 Å². The van der Waals surface area contributed by atoms with Crippen LogP contribution < -0.4 is 0 Å². The molecule has 2 aliphatic heterocycles. The van der Waals surface area contributed by atoms with Crippen LogP contribution in [-0.4, -0.2) is 77.1 Å². The molecule has 20 heavy (non-hydrogen) atoms. The Morgan fingerprint density at radius 3 is 2.65 bits per heavy atom. The van der Waals surface area contributed by atoms with Gasteiger partial charge in [-0.2, -0.15) is 0 Å². The number of nitrogens with zero attached hydrogens (tertiary/aromatic N) is 3. The number of aliphatic carboxylic acids is 1. The standard InChI is InChI=1S/C14H23N3O3/c18-13(19)10-17(8-11-3-4-11)14(20)16-7-6-15-5-1-2-12(15)9-16/h11-12H,1-10H2,(H,18,19). The van der Waals surface area contributed by atoms with Crippen LogP contribution in [0.4, 0.5) is 4.79 Å². The van der Waals surface area contributed by atoms with Crippen molar-refractivity contribution in [3.8, 4) is 0 Å². The molecule has 2 saturated heterocycles. The van der Waals surface area contributed by atoms with E-state index in [4.69, 9.17) is 5.11 Å². The van der Waals surface area contributed by atoms with E-state index in [0.717, 1.165) is 45.4 Å². The SMILES string of the molecule is O=C(O)CN(CC1CC1)C(=O)N1CCN2CCCC2C1. The minimum Gasteiger partial charge on any atom is -0.480 e. The normalized spacial score (nSPS) is 26.4. The lowest BCUT2D eigenvalue weighted by atomic mass is 10.1. The summed E-state index contributed by atoms with van der Waals surface area (Å²) in [7, 11) is 0. The minimum absolute atomic E-state index is 0.0779. The molecule has 1 atom stereocenters. The van der Waals surface area contributed by atoms with Gasteiger partial charge in [-0.15, -0.1) is 0 Å². The molecule has 1 aliphatic carbocycles. The van der Waals surface area contributed by atoms with Gasteiger partial charge >= 0.3 is 12.0 Å². The molecule has 112 valence electrons. The number of carbonyl (C=O) groups excluding carboxylic acids is 1. The molecule has 3 aliphatic rings. The van der Waals surface area contributed by atoms with Gasteiger partial charge in [0.2, 0.25) is 0 Å². The lowest BCUT2D eigenvalue weighted by Crippen LogP contribution is -2.56. The number of piperazine rings is 1. The van der Waals surface area contributed by atoms with Crippen molar-refractivity contribution in [2.24, 2.45) is 5.92 Å². The number of urea groups is 1. The summed E-state index contributed by atoms with van der Waals surface area (Å²) in [5, 5.41) is 8.99. The van der Waals surface area contributed by atoms with Gasteiger partial charge in [0.25, 0.3) is 0 Å². The molecular weight excluding hydrogens is 258 g/mol. The largest absolute Gasteiger partial charge is 0.480 e. The average Bonchev–Trinajstić information content (AvgIpc) is 3.11. The Morgan fingerprint density at radius 1 is 1.15 bits per heavy atom. The zero-order chi connectivity index (χ0) is 14.1. The van der Waals surface area contributed by atoms with E-state index in [0.29, 0.717) is 18.5 Å². The second kappa shape index (κ2) is 5.60. The number of carbonyl (C=O) groups is 2. The molecule has 1 N–H and O–H groups in total. The number of hydrogen-bond donors (Lipinski definition) is 1. The maximum Gasteiger partial charge on any atom is 0.323 e. The Morgan fingerprint density at radius 2 is 1.95 bits per heavy atom. The maximum absolute atomic E-state index is 12.6. The maximum atomic E-state index is 12.6. The zero-order valence-corrected chi connectivity index (χ0v) is 11.8. The van der Waals surface area contributed by atoms with Gasteiger partial charge in [0.15, 0.2) is 0 Å². The van der Waals surface area contributed by atoms with Gasteiger partial charge in [-0.1, -0.05) is 0 Å². The first-order valence-corrected chi connectivity index (χ1v) is 7.63. The monoisotopic (exact) mass is 281 g/mol. The van der Waals surface area contributed by atoms with Crippen molar-refractivity contribution in [1.82, 2.24) is 14.7 Å². The van der Waals surface area contributed by atoms with Gasteiger partial charge in [-0.3, -0.25) is 9.69 Å². The quantitative estimate of drug-likeness (QED) is 0.823. The molecule has 1 saturated carbocycles. The third-order valence-electron chi connectivity index (χ3n) is 4.63. The van der Waals surface area contributed by atoms with Crippen molar-refractivity contribution < 1.29 is 14.7 Å². The lowest BCUT2D eigenvalue weighted by Gasteiger charge is -2.39. The van der Waals surface area contributed by atoms with E-state index in [1.807, 2.05) is 4.90 Å². The summed E-state index contributed by atoms with van der Waals surface area (Å²) in [6.07, 6.45) is 4.62. The van der Waals surface area contributed by atoms with Gasteiger partial charge in [0.05, 0.1) is 0 Å². The summed E-state index contributed by atoms with van der Waals surface area (Å²) >= 11 is 0. The fraction of sp³-hybridized carbons (Fsp3) is 0.857. The van der Waals surface area contributed by atoms with Crippen LogP contribution >= 0.6 is 0 Å². The van der Waals surface area contributed by atoms with Gasteiger partial charge < -0.3 is 14.9 Å². The minimum atomic E-state index is -0.918. The van der Waals surface area contributed by atoms with Gasteiger partial charge in [0, 0.05) is 32.2 Å². The molecule has 2 amide bonds. The Bertz CT molecular complexity index is 397. The van der Waals surface area contributed by atoms with Crippen molar-refractivity contribution in [3.05, 3.63) is 0 Å². The molecule has 2 heterocycles. The summed E-state index contributed by atoms with van der Waals surface area (Å²) in [5.74, 6) is -0.399. The molecule has 1 unspecified atom stereocenters. The Balaban J connectivity index is 1.60. The summed E-state index contributed by atoms with van der Waals surface area (Å²) in [6.45, 7) is 4.01. The second-order valence-corrected chi connectivity index (χ2v) is 6.28. The number of rotatable bonds is 4. The van der Waals surface area contributed by atoms with Gasteiger partial charge in [-0.05, 0) is 38.1 Å². The van der Waals surface area contributed by atoms with Crippen LogP contribution in [0.15, 0.2) is 0 Å². The fourth-order valence-corrected chi connectivity index (χ4v) is 3.35. The molecule has 0 spiro atoms. The van der Waals surface area contributed by atoms with Crippen LogP contribution in [0.1, 0.15) is 25.7 Å². The first-order valence-electron chi connectivity index (χ1n) is 7.63. The molecule has 0 bridgehead atoms. The van der Waals surface area contributed by atoms with E-state index in [9.17, 15) is 9.59 Å². The van der Waals surface area contributed by atoms with Crippen LogP contribution in [-0.2, 0) is 4.79 Å². The molecule has 0 aromatic heterocycles. The van der Waals surface area contributed by atoms with E-state index in [2.05, 4.69) is 4.90 Å². The Hall–Kier alpha value is -1.30. The molecule has 0 aromatic rings. The van der Waals surface area contributed by atoms with Crippen LogP contribution in [0, 0.1) is 5.92 Å². The highest BCUT2D eigenvalue weighted by atomic mass is 16.4. The van der Waals surface area contributed by atoms with Crippen LogP contribution in [0.25, 0.3) is 0 Å². The second-order valence-electron chi connectivity index (χ2n) is 6.28. The van der Waals surface area contributed by atoms with Gasteiger partial charge in [-0.25, -0.2) is 4.79 Å². The number of carboxylic acid groups (broad SMARTS) is 1. The number of amides is 2. The summed E-state index contributed by atoms with van der Waals surface area (Å²) in [4.78, 5) is 29.4. The lowest BCUT2D eigenvalue weighted by molar-refractivity contribution is -0.137. The predicted octanol–water partition coefficient (Wildman–Crippen LogP) is 0.683. The molecule has 6 nitrogen and oxygen atoms in total. The highest BCUT2D eigenvalue weighted by molar-refractivity contribution is 5.80. The number of carboxylic acids is 1. The van der Waals surface area contributed by atoms with E-state index < -0.39 is 5.97 Å². The smallest absolute Gasteiger partial charge is 0.323 e. The van der Waals surface area contributed by atoms with Crippen molar-refractivity contribution in [1.29, 1.82) is 0 Å². The van der Waals surface area contributed by atoms with Crippen LogP contribution in [0.2, 0.25) is 0 Å². The highest BCUT2D eigenvalue weighted by Crippen LogP contribution is 2.30. The molecule has 0 aromatic carbocycles. The summed E-state index contributed by atoms with van der Waals surface area (Å²) < 4.78 is 0. The van der Waals surface area contributed by atoms with E-state index in [1.165, 1.54) is 11.3 Å². The van der Waals surface area contributed by atoms with E-state index in [-0.39, 0.29) is 12.6 Å². The average molecular weight is 281 g/mol. The number of fused-ring (bicyclic) bond motifs is 1. The Labute approximate surface area is 119 Å². The first kappa shape index (κ1) is 13.7. The molecular formula is C14H23N3O3. The summed E-state index contributed by atoms with van der Waals surface area (Å²) in [5.41, 5.74) is 0. The predicted molar refractivity (Wildman–Crippen MR) is 73.5 cm³/mol. The third kappa shape index (κ3) is 3.06. The van der Waals surface area contributed by atoms with Crippen molar-refractivity contribution in [2.75, 3.05) is 39.3 Å².